The highest BCUT2D eigenvalue weighted by molar-refractivity contribution is 5.95. The number of rotatable bonds is 3. The molecule has 1 aliphatic heterocycles. The number of hydrogen-bond acceptors (Lipinski definition) is 3. The summed E-state index contributed by atoms with van der Waals surface area (Å²) in [6.07, 6.45) is 4.07. The molecule has 2 aromatic rings. The van der Waals surface area contributed by atoms with Crippen molar-refractivity contribution in [3.8, 4) is 5.75 Å². The van der Waals surface area contributed by atoms with Crippen LogP contribution >= 0.6 is 0 Å². The van der Waals surface area contributed by atoms with Gasteiger partial charge in [0.2, 0.25) is 0 Å². The maximum Gasteiger partial charge on any atom is 0.262 e. The van der Waals surface area contributed by atoms with Gasteiger partial charge >= 0.3 is 0 Å². The fourth-order valence-electron chi connectivity index (χ4n) is 2.28. The van der Waals surface area contributed by atoms with Crippen molar-refractivity contribution in [1.82, 2.24) is 0 Å². The molecule has 1 N–H and O–H groups in total. The Kier molecular flexibility index (Phi) is 3.83. The summed E-state index contributed by atoms with van der Waals surface area (Å²) in [5, 5.41) is 2.82. The summed E-state index contributed by atoms with van der Waals surface area (Å²) in [6, 6.07) is 14.1. The van der Waals surface area contributed by atoms with E-state index in [0.29, 0.717) is 5.75 Å². The van der Waals surface area contributed by atoms with Crippen LogP contribution in [0.4, 0.5) is 11.4 Å². The minimum atomic E-state index is -0.118. The van der Waals surface area contributed by atoms with Gasteiger partial charge in [0.25, 0.3) is 5.91 Å². The number of carbonyl (C=O) groups is 1. The standard InChI is InChI=1S/C18H18N2O2/c1-20(2)15-8-5-13(6-9-15)3-4-14-7-10-17-16(11-14)19-18(21)12-22-17/h3-11H,12H2,1-2H3,(H,19,21)/b4-3+. The van der Waals surface area contributed by atoms with Crippen molar-refractivity contribution < 1.29 is 9.53 Å². The molecule has 1 heterocycles. The Morgan fingerprint density at radius 2 is 1.73 bits per heavy atom. The Hall–Kier alpha value is -2.75. The first-order chi connectivity index (χ1) is 10.6. The number of ether oxygens (including phenoxy) is 1. The van der Waals surface area contributed by atoms with E-state index in [4.69, 9.17) is 4.74 Å². The van der Waals surface area contributed by atoms with Crippen molar-refractivity contribution in [3.05, 3.63) is 53.6 Å². The van der Waals surface area contributed by atoms with Gasteiger partial charge in [-0.25, -0.2) is 0 Å². The number of anilines is 2. The molecule has 0 spiro atoms. The molecule has 0 radical (unpaired) electrons. The van der Waals surface area contributed by atoms with Gasteiger partial charge in [0.05, 0.1) is 5.69 Å². The zero-order valence-electron chi connectivity index (χ0n) is 12.7. The number of fused-ring (bicyclic) bond motifs is 1. The number of benzene rings is 2. The molecule has 0 aromatic heterocycles. The van der Waals surface area contributed by atoms with E-state index in [-0.39, 0.29) is 12.5 Å². The van der Waals surface area contributed by atoms with Gasteiger partial charge in [-0.3, -0.25) is 4.79 Å². The van der Waals surface area contributed by atoms with Gasteiger partial charge in [0.1, 0.15) is 5.75 Å². The van der Waals surface area contributed by atoms with Gasteiger partial charge in [-0.05, 0) is 35.4 Å². The minimum absolute atomic E-state index is 0.0837. The zero-order valence-corrected chi connectivity index (χ0v) is 12.7. The van der Waals surface area contributed by atoms with Crippen LogP contribution in [-0.4, -0.2) is 26.6 Å². The SMILES string of the molecule is CN(C)c1ccc(/C=C/c2ccc3c(c2)NC(=O)CO3)cc1. The quantitative estimate of drug-likeness (QED) is 0.884. The second-order valence-corrected chi connectivity index (χ2v) is 5.41. The summed E-state index contributed by atoms with van der Waals surface area (Å²) in [5.41, 5.74) is 4.04. The highest BCUT2D eigenvalue weighted by Gasteiger charge is 2.15. The van der Waals surface area contributed by atoms with Crippen molar-refractivity contribution in [1.29, 1.82) is 0 Å². The van der Waals surface area contributed by atoms with Crippen molar-refractivity contribution in [2.45, 2.75) is 0 Å². The third-order valence-corrected chi connectivity index (χ3v) is 3.51. The van der Waals surface area contributed by atoms with Crippen molar-refractivity contribution >= 4 is 29.4 Å². The van der Waals surface area contributed by atoms with E-state index in [1.807, 2.05) is 44.4 Å². The van der Waals surface area contributed by atoms with Crippen LogP contribution < -0.4 is 15.0 Å². The summed E-state index contributed by atoms with van der Waals surface area (Å²) in [6.45, 7) is 0.0837. The molecule has 4 nitrogen and oxygen atoms in total. The lowest BCUT2D eigenvalue weighted by molar-refractivity contribution is -0.118. The lowest BCUT2D eigenvalue weighted by Crippen LogP contribution is -2.25. The first kappa shape index (κ1) is 14.2. The van der Waals surface area contributed by atoms with Crippen LogP contribution in [0, 0.1) is 0 Å². The number of nitrogens with zero attached hydrogens (tertiary/aromatic N) is 1. The molecular weight excluding hydrogens is 276 g/mol. The molecule has 0 bridgehead atoms. The number of amides is 1. The lowest BCUT2D eigenvalue weighted by atomic mass is 10.1. The largest absolute Gasteiger partial charge is 0.482 e. The van der Waals surface area contributed by atoms with E-state index >= 15 is 0 Å². The molecule has 0 atom stereocenters. The molecule has 2 aromatic carbocycles. The molecule has 4 heteroatoms. The summed E-state index contributed by atoms with van der Waals surface area (Å²) in [7, 11) is 4.04. The monoisotopic (exact) mass is 294 g/mol. The predicted octanol–water partition coefficient (Wildman–Crippen LogP) is 3.25. The Morgan fingerprint density at radius 3 is 2.45 bits per heavy atom. The van der Waals surface area contributed by atoms with Crippen LogP contribution in [0.1, 0.15) is 11.1 Å². The Morgan fingerprint density at radius 1 is 1.05 bits per heavy atom. The zero-order chi connectivity index (χ0) is 15.5. The molecule has 112 valence electrons. The first-order valence-electron chi connectivity index (χ1n) is 7.14. The van der Waals surface area contributed by atoms with E-state index in [2.05, 4.69) is 34.5 Å². The van der Waals surface area contributed by atoms with Crippen molar-refractivity contribution in [3.63, 3.8) is 0 Å². The fraction of sp³-hybridized carbons (Fsp3) is 0.167. The van der Waals surface area contributed by atoms with Crippen LogP contribution in [0.5, 0.6) is 5.75 Å². The Balaban J connectivity index is 1.77. The molecule has 3 rings (SSSR count). The van der Waals surface area contributed by atoms with E-state index < -0.39 is 0 Å². The average Bonchev–Trinajstić information content (AvgIpc) is 2.53. The molecule has 0 fully saturated rings. The third-order valence-electron chi connectivity index (χ3n) is 3.51. The van der Waals surface area contributed by atoms with Gasteiger partial charge in [-0.1, -0.05) is 30.4 Å². The molecule has 0 unspecified atom stereocenters. The highest BCUT2D eigenvalue weighted by atomic mass is 16.5. The van der Waals surface area contributed by atoms with E-state index in [1.165, 1.54) is 5.69 Å². The Labute approximate surface area is 130 Å². The van der Waals surface area contributed by atoms with Crippen LogP contribution in [0.2, 0.25) is 0 Å². The Bertz CT molecular complexity index is 718. The molecule has 1 aliphatic rings. The molecular formula is C18H18N2O2. The average molecular weight is 294 g/mol. The van der Waals surface area contributed by atoms with Gasteiger partial charge in [-0.2, -0.15) is 0 Å². The molecule has 0 saturated carbocycles. The summed E-state index contributed by atoms with van der Waals surface area (Å²) < 4.78 is 5.35. The lowest BCUT2D eigenvalue weighted by Gasteiger charge is -2.17. The van der Waals surface area contributed by atoms with Gasteiger partial charge in [0, 0.05) is 19.8 Å². The summed E-state index contributed by atoms with van der Waals surface area (Å²) in [5.74, 6) is 0.597. The molecule has 22 heavy (non-hydrogen) atoms. The maximum atomic E-state index is 11.3. The second-order valence-electron chi connectivity index (χ2n) is 5.41. The highest BCUT2D eigenvalue weighted by Crippen LogP contribution is 2.29. The summed E-state index contributed by atoms with van der Waals surface area (Å²) >= 11 is 0. The van der Waals surface area contributed by atoms with Crippen LogP contribution in [0.25, 0.3) is 12.2 Å². The van der Waals surface area contributed by atoms with Gasteiger partial charge < -0.3 is 15.0 Å². The fourth-order valence-corrected chi connectivity index (χ4v) is 2.28. The van der Waals surface area contributed by atoms with Crippen LogP contribution in [0.15, 0.2) is 42.5 Å². The van der Waals surface area contributed by atoms with E-state index in [9.17, 15) is 4.79 Å². The van der Waals surface area contributed by atoms with Crippen molar-refractivity contribution in [2.75, 3.05) is 30.9 Å². The van der Waals surface area contributed by atoms with Crippen molar-refractivity contribution in [2.24, 2.45) is 0 Å². The van der Waals surface area contributed by atoms with Crippen LogP contribution in [0.3, 0.4) is 0 Å². The van der Waals surface area contributed by atoms with E-state index in [0.717, 1.165) is 16.8 Å². The van der Waals surface area contributed by atoms with Gasteiger partial charge in [-0.15, -0.1) is 0 Å². The van der Waals surface area contributed by atoms with Crippen LogP contribution in [-0.2, 0) is 4.79 Å². The maximum absolute atomic E-state index is 11.3. The normalized spacial score (nSPS) is 13.5. The smallest absolute Gasteiger partial charge is 0.262 e. The summed E-state index contributed by atoms with van der Waals surface area (Å²) in [4.78, 5) is 13.4. The second kappa shape index (κ2) is 5.93. The molecule has 0 saturated heterocycles. The topological polar surface area (TPSA) is 41.6 Å². The molecule has 1 amide bonds. The number of nitrogens with one attached hydrogen (secondary N) is 1. The number of carbonyl (C=O) groups excluding carboxylic acids is 1. The predicted molar refractivity (Wildman–Crippen MR) is 90.3 cm³/mol. The van der Waals surface area contributed by atoms with E-state index in [1.54, 1.807) is 0 Å². The van der Waals surface area contributed by atoms with Gasteiger partial charge in [0.15, 0.2) is 6.61 Å². The molecule has 0 aliphatic carbocycles. The minimum Gasteiger partial charge on any atom is -0.482 e. The first-order valence-corrected chi connectivity index (χ1v) is 7.14. The third kappa shape index (κ3) is 3.11. The number of hydrogen-bond donors (Lipinski definition) is 1.